The molecular formula is C15H18N2O2. The fraction of sp³-hybridized carbons (Fsp3) is 0.267. The van der Waals surface area contributed by atoms with Gasteiger partial charge in [0.15, 0.2) is 0 Å². The van der Waals surface area contributed by atoms with Crippen LogP contribution in [-0.2, 0) is 17.9 Å². The van der Waals surface area contributed by atoms with E-state index in [4.69, 9.17) is 15.2 Å². The zero-order valence-electron chi connectivity index (χ0n) is 10.8. The van der Waals surface area contributed by atoms with Crippen molar-refractivity contribution in [1.29, 1.82) is 0 Å². The molecule has 0 saturated carbocycles. The van der Waals surface area contributed by atoms with Crippen LogP contribution in [0.15, 0.2) is 48.7 Å². The Bertz CT molecular complexity index is 489. The van der Waals surface area contributed by atoms with Crippen LogP contribution in [0.2, 0.25) is 0 Å². The van der Waals surface area contributed by atoms with E-state index >= 15 is 0 Å². The molecule has 1 aromatic heterocycles. The number of benzene rings is 1. The molecule has 2 aromatic rings. The Morgan fingerprint density at radius 2 is 1.84 bits per heavy atom. The van der Waals surface area contributed by atoms with Crippen molar-refractivity contribution in [2.75, 3.05) is 13.2 Å². The zero-order chi connectivity index (χ0) is 13.3. The highest BCUT2D eigenvalue weighted by atomic mass is 16.5. The van der Waals surface area contributed by atoms with Gasteiger partial charge >= 0.3 is 0 Å². The van der Waals surface area contributed by atoms with Crippen molar-refractivity contribution >= 4 is 0 Å². The maximum absolute atomic E-state index is 5.55. The number of aromatic nitrogens is 1. The average Bonchev–Trinajstić information content (AvgIpc) is 2.48. The van der Waals surface area contributed by atoms with E-state index in [-0.39, 0.29) is 0 Å². The lowest BCUT2D eigenvalue weighted by Gasteiger charge is -2.07. The molecule has 0 spiro atoms. The number of nitrogens with two attached hydrogens (primary N) is 1. The molecule has 4 heteroatoms. The van der Waals surface area contributed by atoms with Gasteiger partial charge in [-0.1, -0.05) is 30.3 Å². The van der Waals surface area contributed by atoms with Gasteiger partial charge in [-0.05, 0) is 17.2 Å². The lowest BCUT2D eigenvalue weighted by atomic mass is 10.2. The molecule has 0 bridgehead atoms. The quantitative estimate of drug-likeness (QED) is 0.773. The first-order chi connectivity index (χ1) is 9.38. The maximum Gasteiger partial charge on any atom is 0.213 e. The lowest BCUT2D eigenvalue weighted by Crippen LogP contribution is -2.08. The van der Waals surface area contributed by atoms with E-state index in [1.54, 1.807) is 6.20 Å². The Labute approximate surface area is 113 Å². The summed E-state index contributed by atoms with van der Waals surface area (Å²) in [5.74, 6) is 0.589. The minimum Gasteiger partial charge on any atom is -0.475 e. The van der Waals surface area contributed by atoms with E-state index < -0.39 is 0 Å². The zero-order valence-corrected chi connectivity index (χ0v) is 10.8. The average molecular weight is 258 g/mol. The van der Waals surface area contributed by atoms with Crippen molar-refractivity contribution in [2.24, 2.45) is 5.73 Å². The summed E-state index contributed by atoms with van der Waals surface area (Å²) >= 11 is 0. The molecule has 2 rings (SSSR count). The second-order valence-electron chi connectivity index (χ2n) is 4.09. The van der Waals surface area contributed by atoms with Crippen LogP contribution in [0.4, 0.5) is 0 Å². The first-order valence-corrected chi connectivity index (χ1v) is 6.28. The molecule has 0 radical (unpaired) electrons. The van der Waals surface area contributed by atoms with Crippen molar-refractivity contribution in [2.45, 2.75) is 13.2 Å². The number of pyridine rings is 1. The van der Waals surface area contributed by atoms with Gasteiger partial charge in [0.05, 0.1) is 13.2 Å². The van der Waals surface area contributed by atoms with Gasteiger partial charge in [0.2, 0.25) is 5.88 Å². The maximum atomic E-state index is 5.55. The Morgan fingerprint density at radius 1 is 1.00 bits per heavy atom. The van der Waals surface area contributed by atoms with Crippen molar-refractivity contribution < 1.29 is 9.47 Å². The summed E-state index contributed by atoms with van der Waals surface area (Å²) in [6, 6.07) is 13.8. The van der Waals surface area contributed by atoms with E-state index in [2.05, 4.69) is 4.98 Å². The highest BCUT2D eigenvalue weighted by Crippen LogP contribution is 2.08. The van der Waals surface area contributed by atoms with Crippen molar-refractivity contribution in [3.63, 3.8) is 0 Å². The number of ether oxygens (including phenoxy) is 2. The number of rotatable bonds is 7. The van der Waals surface area contributed by atoms with Gasteiger partial charge in [0, 0.05) is 18.8 Å². The van der Waals surface area contributed by atoms with Gasteiger partial charge in [0.25, 0.3) is 0 Å². The Balaban J connectivity index is 1.66. The number of nitrogens with zero attached hydrogens (tertiary/aromatic N) is 1. The standard InChI is InChI=1S/C15H18N2O2/c16-11-14-6-7-17-15(10-14)19-9-8-18-12-13-4-2-1-3-5-13/h1-7,10H,8-9,11-12,16H2. The molecule has 0 saturated heterocycles. The van der Waals surface area contributed by atoms with E-state index in [0.717, 1.165) is 11.1 Å². The third kappa shape index (κ3) is 4.69. The highest BCUT2D eigenvalue weighted by Gasteiger charge is 1.97. The number of hydrogen-bond donors (Lipinski definition) is 1. The Kier molecular flexibility index (Phi) is 5.34. The second-order valence-corrected chi connectivity index (χ2v) is 4.09. The van der Waals surface area contributed by atoms with E-state index in [0.29, 0.717) is 32.2 Å². The summed E-state index contributed by atoms with van der Waals surface area (Å²) < 4.78 is 11.0. The van der Waals surface area contributed by atoms with Crippen LogP contribution in [0.3, 0.4) is 0 Å². The van der Waals surface area contributed by atoms with Crippen LogP contribution in [0.25, 0.3) is 0 Å². The third-order valence-corrected chi connectivity index (χ3v) is 2.62. The molecule has 2 N–H and O–H groups in total. The minimum absolute atomic E-state index is 0.480. The summed E-state index contributed by atoms with van der Waals surface area (Å²) in [7, 11) is 0. The number of hydrogen-bond acceptors (Lipinski definition) is 4. The molecule has 0 aliphatic rings. The van der Waals surface area contributed by atoms with Crippen LogP contribution in [-0.4, -0.2) is 18.2 Å². The van der Waals surface area contributed by atoms with Crippen LogP contribution >= 0.6 is 0 Å². The molecular weight excluding hydrogens is 240 g/mol. The lowest BCUT2D eigenvalue weighted by molar-refractivity contribution is 0.0874. The summed E-state index contributed by atoms with van der Waals surface area (Å²) in [5.41, 5.74) is 7.72. The minimum atomic E-state index is 0.480. The van der Waals surface area contributed by atoms with Crippen molar-refractivity contribution in [3.8, 4) is 5.88 Å². The van der Waals surface area contributed by atoms with Gasteiger partial charge in [0.1, 0.15) is 6.61 Å². The van der Waals surface area contributed by atoms with Crippen LogP contribution in [0, 0.1) is 0 Å². The predicted molar refractivity (Wildman–Crippen MR) is 73.7 cm³/mol. The molecule has 19 heavy (non-hydrogen) atoms. The molecule has 4 nitrogen and oxygen atoms in total. The van der Waals surface area contributed by atoms with E-state index in [1.807, 2.05) is 42.5 Å². The van der Waals surface area contributed by atoms with Crippen LogP contribution in [0.5, 0.6) is 5.88 Å². The van der Waals surface area contributed by atoms with Gasteiger partial charge < -0.3 is 15.2 Å². The SMILES string of the molecule is NCc1ccnc(OCCOCc2ccccc2)c1. The topological polar surface area (TPSA) is 57.4 Å². The van der Waals surface area contributed by atoms with Gasteiger partial charge in [-0.3, -0.25) is 0 Å². The van der Waals surface area contributed by atoms with Gasteiger partial charge in [-0.15, -0.1) is 0 Å². The second kappa shape index (κ2) is 7.51. The molecule has 0 aliphatic heterocycles. The third-order valence-electron chi connectivity index (χ3n) is 2.62. The monoisotopic (exact) mass is 258 g/mol. The van der Waals surface area contributed by atoms with Crippen molar-refractivity contribution in [3.05, 3.63) is 59.8 Å². The van der Waals surface area contributed by atoms with Gasteiger partial charge in [-0.25, -0.2) is 4.98 Å². The van der Waals surface area contributed by atoms with Crippen LogP contribution in [0.1, 0.15) is 11.1 Å². The Hall–Kier alpha value is -1.91. The van der Waals surface area contributed by atoms with E-state index in [1.165, 1.54) is 0 Å². The molecule has 0 aliphatic carbocycles. The molecule has 0 atom stereocenters. The first kappa shape index (κ1) is 13.5. The fourth-order valence-electron chi connectivity index (χ4n) is 1.63. The first-order valence-electron chi connectivity index (χ1n) is 6.28. The largest absolute Gasteiger partial charge is 0.475 e. The molecule has 1 aromatic carbocycles. The molecule has 1 heterocycles. The van der Waals surface area contributed by atoms with Crippen LogP contribution < -0.4 is 10.5 Å². The fourth-order valence-corrected chi connectivity index (χ4v) is 1.63. The van der Waals surface area contributed by atoms with Crippen molar-refractivity contribution in [1.82, 2.24) is 4.98 Å². The highest BCUT2D eigenvalue weighted by molar-refractivity contribution is 5.20. The molecule has 0 fully saturated rings. The molecule has 100 valence electrons. The Morgan fingerprint density at radius 3 is 2.63 bits per heavy atom. The smallest absolute Gasteiger partial charge is 0.213 e. The summed E-state index contributed by atoms with van der Waals surface area (Å²) in [6.07, 6.45) is 1.70. The van der Waals surface area contributed by atoms with E-state index in [9.17, 15) is 0 Å². The van der Waals surface area contributed by atoms with Gasteiger partial charge in [-0.2, -0.15) is 0 Å². The molecule has 0 unspecified atom stereocenters. The predicted octanol–water partition coefficient (Wildman–Crippen LogP) is 2.14. The summed E-state index contributed by atoms with van der Waals surface area (Å²) in [5, 5.41) is 0. The summed E-state index contributed by atoms with van der Waals surface area (Å²) in [6.45, 7) is 2.10. The molecule has 0 amide bonds. The normalized spacial score (nSPS) is 10.4. The summed E-state index contributed by atoms with van der Waals surface area (Å²) in [4.78, 5) is 4.11.